The van der Waals surface area contributed by atoms with E-state index in [0.29, 0.717) is 0 Å². The maximum Gasteiger partial charge on any atom is 0.00362 e. The second-order valence-corrected chi connectivity index (χ2v) is 10.0. The van der Waals surface area contributed by atoms with Crippen LogP contribution < -0.4 is 0 Å². The lowest BCUT2D eigenvalue weighted by molar-refractivity contribution is -0.285. The van der Waals surface area contributed by atoms with Crippen molar-refractivity contribution in [2.45, 2.75) is 83.1 Å². The minimum Gasteiger partial charge on any atom is -0.0664 e. The molecule has 0 aliphatic heterocycles. The molecule has 0 amide bonds. The molecule has 1 saturated carbocycles. The summed E-state index contributed by atoms with van der Waals surface area (Å²) in [5.74, 6) is 0. The van der Waals surface area contributed by atoms with Gasteiger partial charge >= 0.3 is 0 Å². The van der Waals surface area contributed by atoms with Gasteiger partial charge in [-0.15, -0.1) is 0 Å². The zero-order valence-electron chi connectivity index (χ0n) is 16.0. The van der Waals surface area contributed by atoms with Gasteiger partial charge in [0.05, 0.1) is 0 Å². The molecule has 0 N–H and O–H groups in total. The van der Waals surface area contributed by atoms with Gasteiger partial charge in [-0.05, 0) is 35.5 Å². The zero-order chi connectivity index (χ0) is 16.2. The summed E-state index contributed by atoms with van der Waals surface area (Å²) in [5, 5.41) is 0. The summed E-state index contributed by atoms with van der Waals surface area (Å²) >= 11 is 0. The Labute approximate surface area is 127 Å². The SMILES string of the molecule is CC1=C(C)C2(C)C(C)(C)C(C)(C)C(C)(C)C(C)(C)C12C. The fourth-order valence-electron chi connectivity index (χ4n) is 6.44. The molecule has 20 heavy (non-hydrogen) atoms. The predicted octanol–water partition coefficient (Wildman–Crippen LogP) is 6.47. The van der Waals surface area contributed by atoms with Crippen LogP contribution in [0, 0.1) is 32.5 Å². The minimum absolute atomic E-state index is 0.275. The van der Waals surface area contributed by atoms with E-state index in [1.54, 1.807) is 11.1 Å². The fourth-order valence-corrected chi connectivity index (χ4v) is 6.44. The Kier molecular flexibility index (Phi) is 2.73. The average Bonchev–Trinajstić information content (AvgIpc) is 2.32. The van der Waals surface area contributed by atoms with Crippen LogP contribution in [-0.2, 0) is 0 Å². The summed E-state index contributed by atoms with van der Waals surface area (Å²) in [6.45, 7) is 29.9. The average molecular weight is 277 g/mol. The molecule has 2 aliphatic carbocycles. The lowest BCUT2D eigenvalue weighted by atomic mass is 9.22. The first-order valence-electron chi connectivity index (χ1n) is 8.25. The fraction of sp³-hybridized carbons (Fsp3) is 0.900. The second kappa shape index (κ2) is 3.39. The minimum atomic E-state index is 0.275. The van der Waals surface area contributed by atoms with E-state index in [1.165, 1.54) is 0 Å². The monoisotopic (exact) mass is 276 g/mol. The highest BCUT2D eigenvalue weighted by Crippen LogP contribution is 2.85. The van der Waals surface area contributed by atoms with Crippen molar-refractivity contribution in [2.75, 3.05) is 0 Å². The van der Waals surface area contributed by atoms with Crippen LogP contribution >= 0.6 is 0 Å². The standard InChI is InChI=1S/C20H36/c1-13-14(2)20(12)18(9,10)16(5,6)15(3,4)17(7,8)19(13,20)11/h1-12H3. The molecule has 0 spiro atoms. The highest BCUT2D eigenvalue weighted by molar-refractivity contribution is 5.48. The van der Waals surface area contributed by atoms with Gasteiger partial charge in [0, 0.05) is 10.8 Å². The molecule has 116 valence electrons. The van der Waals surface area contributed by atoms with E-state index in [9.17, 15) is 0 Å². The molecule has 0 heterocycles. The number of hydrogen-bond donors (Lipinski definition) is 0. The van der Waals surface area contributed by atoms with E-state index < -0.39 is 0 Å². The Morgan fingerprint density at radius 2 is 0.600 bits per heavy atom. The van der Waals surface area contributed by atoms with E-state index in [0.717, 1.165) is 0 Å². The van der Waals surface area contributed by atoms with E-state index >= 15 is 0 Å². The van der Waals surface area contributed by atoms with Crippen molar-refractivity contribution in [3.05, 3.63) is 11.1 Å². The predicted molar refractivity (Wildman–Crippen MR) is 89.7 cm³/mol. The summed E-state index contributed by atoms with van der Waals surface area (Å²) in [5.41, 5.74) is 4.95. The van der Waals surface area contributed by atoms with Gasteiger partial charge in [0.15, 0.2) is 0 Å². The first kappa shape index (κ1) is 16.1. The van der Waals surface area contributed by atoms with Gasteiger partial charge in [0.1, 0.15) is 0 Å². The van der Waals surface area contributed by atoms with Crippen molar-refractivity contribution in [1.82, 2.24) is 0 Å². The summed E-state index contributed by atoms with van der Waals surface area (Å²) in [6.07, 6.45) is 0. The summed E-state index contributed by atoms with van der Waals surface area (Å²) < 4.78 is 0. The maximum absolute atomic E-state index is 2.54. The smallest absolute Gasteiger partial charge is 0.00362 e. The third-order valence-electron chi connectivity index (χ3n) is 10.2. The Bertz CT molecular complexity index is 452. The van der Waals surface area contributed by atoms with E-state index in [-0.39, 0.29) is 32.5 Å². The molecule has 0 aromatic carbocycles. The van der Waals surface area contributed by atoms with Crippen molar-refractivity contribution in [3.63, 3.8) is 0 Å². The van der Waals surface area contributed by atoms with Crippen LogP contribution in [0.25, 0.3) is 0 Å². The van der Waals surface area contributed by atoms with E-state index in [4.69, 9.17) is 0 Å². The molecule has 0 bridgehead atoms. The third kappa shape index (κ3) is 1.02. The number of fused-ring (bicyclic) bond motifs is 1. The molecular formula is C20H36. The van der Waals surface area contributed by atoms with Crippen LogP contribution in [-0.4, -0.2) is 0 Å². The Morgan fingerprint density at radius 3 is 0.800 bits per heavy atom. The topological polar surface area (TPSA) is 0 Å². The lowest BCUT2D eigenvalue weighted by Crippen LogP contribution is -2.76. The molecule has 0 radical (unpaired) electrons. The first-order valence-corrected chi connectivity index (χ1v) is 8.25. The second-order valence-electron chi connectivity index (χ2n) is 10.0. The van der Waals surface area contributed by atoms with Crippen molar-refractivity contribution in [2.24, 2.45) is 32.5 Å². The quantitative estimate of drug-likeness (QED) is 0.445. The molecule has 1 fully saturated rings. The van der Waals surface area contributed by atoms with Gasteiger partial charge in [-0.2, -0.15) is 0 Å². The van der Waals surface area contributed by atoms with Gasteiger partial charge < -0.3 is 0 Å². The number of rotatable bonds is 0. The van der Waals surface area contributed by atoms with Crippen molar-refractivity contribution in [3.8, 4) is 0 Å². The molecule has 2 aliphatic rings. The van der Waals surface area contributed by atoms with Gasteiger partial charge in [-0.3, -0.25) is 0 Å². The van der Waals surface area contributed by atoms with E-state index in [1.807, 2.05) is 0 Å². The molecule has 0 heteroatoms. The van der Waals surface area contributed by atoms with Crippen LogP contribution in [0.5, 0.6) is 0 Å². The highest BCUT2D eigenvalue weighted by Gasteiger charge is 2.79. The molecule has 0 saturated heterocycles. The summed E-state index contributed by atoms with van der Waals surface area (Å²) in [6, 6.07) is 0. The van der Waals surface area contributed by atoms with Gasteiger partial charge in [0.2, 0.25) is 0 Å². The number of hydrogen-bond acceptors (Lipinski definition) is 0. The van der Waals surface area contributed by atoms with Gasteiger partial charge in [-0.25, -0.2) is 0 Å². The summed E-state index contributed by atoms with van der Waals surface area (Å²) in [4.78, 5) is 0. The molecule has 0 aromatic rings. The van der Waals surface area contributed by atoms with Crippen LogP contribution in [0.4, 0.5) is 0 Å². The molecule has 2 rings (SSSR count). The largest absolute Gasteiger partial charge is 0.0664 e. The van der Waals surface area contributed by atoms with E-state index in [2.05, 4.69) is 83.1 Å². The molecule has 0 nitrogen and oxygen atoms in total. The first-order chi connectivity index (χ1) is 8.57. The van der Waals surface area contributed by atoms with Crippen LogP contribution in [0.1, 0.15) is 83.1 Å². The van der Waals surface area contributed by atoms with Crippen LogP contribution in [0.3, 0.4) is 0 Å². The van der Waals surface area contributed by atoms with Crippen molar-refractivity contribution in [1.29, 1.82) is 0 Å². The molecule has 0 aromatic heterocycles. The van der Waals surface area contributed by atoms with Gasteiger partial charge in [0.25, 0.3) is 0 Å². The van der Waals surface area contributed by atoms with Gasteiger partial charge in [-0.1, -0.05) is 80.4 Å². The van der Waals surface area contributed by atoms with Crippen molar-refractivity contribution >= 4 is 0 Å². The van der Waals surface area contributed by atoms with Crippen LogP contribution in [0.15, 0.2) is 11.1 Å². The molecule has 2 unspecified atom stereocenters. The highest BCUT2D eigenvalue weighted by atomic mass is 14.8. The Balaban J connectivity index is 2.91. The van der Waals surface area contributed by atoms with Crippen molar-refractivity contribution < 1.29 is 0 Å². The maximum atomic E-state index is 2.54. The summed E-state index contributed by atoms with van der Waals surface area (Å²) in [7, 11) is 0. The Hall–Kier alpha value is -0.260. The Morgan fingerprint density at radius 1 is 0.400 bits per heavy atom. The number of allylic oxidation sites excluding steroid dienone is 2. The lowest BCUT2D eigenvalue weighted by Gasteiger charge is -2.82. The normalized spacial score (nSPS) is 43.8. The molecule has 2 atom stereocenters. The molecular weight excluding hydrogens is 240 g/mol. The zero-order valence-corrected chi connectivity index (χ0v) is 16.0. The third-order valence-corrected chi connectivity index (χ3v) is 10.2. The van der Waals surface area contributed by atoms with Crippen LogP contribution in [0.2, 0.25) is 0 Å².